The van der Waals surface area contributed by atoms with E-state index in [1.165, 1.54) is 12.1 Å². The summed E-state index contributed by atoms with van der Waals surface area (Å²) in [5.41, 5.74) is 1.90. The topological polar surface area (TPSA) is 66.5 Å². The molecule has 0 atom stereocenters. The van der Waals surface area contributed by atoms with Gasteiger partial charge in [-0.15, -0.1) is 0 Å². The number of hydrogen-bond acceptors (Lipinski definition) is 3. The monoisotopic (exact) mass is 340 g/mol. The van der Waals surface area contributed by atoms with Gasteiger partial charge in [-0.3, -0.25) is 19.3 Å². The highest BCUT2D eigenvalue weighted by Crippen LogP contribution is 2.25. The number of aryl methyl sites for hydroxylation is 1. The van der Waals surface area contributed by atoms with E-state index in [9.17, 15) is 18.8 Å². The number of halogens is 1. The SMILES string of the molecule is Cc1cccc(CNC(=O)CCN2C(=O)c3cccc(F)c3C2=O)c1. The summed E-state index contributed by atoms with van der Waals surface area (Å²) < 4.78 is 13.7. The van der Waals surface area contributed by atoms with E-state index in [2.05, 4.69) is 5.32 Å². The molecule has 1 aliphatic heterocycles. The van der Waals surface area contributed by atoms with Crippen LogP contribution in [0.25, 0.3) is 0 Å². The molecular formula is C19H17FN2O3. The van der Waals surface area contributed by atoms with Crippen molar-refractivity contribution in [3.8, 4) is 0 Å². The van der Waals surface area contributed by atoms with Gasteiger partial charge in [0.2, 0.25) is 5.91 Å². The Hall–Kier alpha value is -3.02. The number of carbonyl (C=O) groups excluding carboxylic acids is 3. The second-order valence-corrected chi connectivity index (χ2v) is 5.94. The fourth-order valence-corrected chi connectivity index (χ4v) is 2.82. The molecule has 0 fully saturated rings. The molecule has 2 aromatic carbocycles. The highest BCUT2D eigenvalue weighted by Gasteiger charge is 2.37. The Bertz CT molecular complexity index is 863. The molecule has 5 nitrogen and oxygen atoms in total. The standard InChI is InChI=1S/C19H17FN2O3/c1-12-4-2-5-13(10-12)11-21-16(23)8-9-22-18(24)14-6-3-7-15(20)17(14)19(22)25/h2-7,10H,8-9,11H2,1H3,(H,21,23). The predicted octanol–water partition coefficient (Wildman–Crippen LogP) is 2.44. The van der Waals surface area contributed by atoms with Gasteiger partial charge in [0.05, 0.1) is 11.1 Å². The smallest absolute Gasteiger partial charge is 0.264 e. The van der Waals surface area contributed by atoms with Gasteiger partial charge >= 0.3 is 0 Å². The highest BCUT2D eigenvalue weighted by atomic mass is 19.1. The van der Waals surface area contributed by atoms with Gasteiger partial charge in [-0.25, -0.2) is 4.39 Å². The number of nitrogens with one attached hydrogen (secondary N) is 1. The van der Waals surface area contributed by atoms with Gasteiger partial charge in [-0.1, -0.05) is 35.9 Å². The molecule has 2 aromatic rings. The summed E-state index contributed by atoms with van der Waals surface area (Å²) in [5.74, 6) is -2.25. The van der Waals surface area contributed by atoms with Crippen LogP contribution in [0.3, 0.4) is 0 Å². The van der Waals surface area contributed by atoms with Crippen LogP contribution >= 0.6 is 0 Å². The van der Waals surface area contributed by atoms with Crippen molar-refractivity contribution >= 4 is 17.7 Å². The molecule has 1 heterocycles. The summed E-state index contributed by atoms with van der Waals surface area (Å²) in [5, 5.41) is 2.75. The number of imide groups is 1. The molecule has 3 rings (SSSR count). The molecule has 0 aliphatic carbocycles. The largest absolute Gasteiger partial charge is 0.352 e. The van der Waals surface area contributed by atoms with E-state index < -0.39 is 17.6 Å². The van der Waals surface area contributed by atoms with Crippen LogP contribution < -0.4 is 5.32 Å². The number of benzene rings is 2. The van der Waals surface area contributed by atoms with E-state index in [0.29, 0.717) is 6.54 Å². The molecule has 128 valence electrons. The maximum Gasteiger partial charge on any atom is 0.264 e. The molecule has 1 aliphatic rings. The fourth-order valence-electron chi connectivity index (χ4n) is 2.82. The van der Waals surface area contributed by atoms with Gasteiger partial charge < -0.3 is 5.32 Å². The summed E-state index contributed by atoms with van der Waals surface area (Å²) in [6, 6.07) is 11.7. The Morgan fingerprint density at radius 2 is 1.88 bits per heavy atom. The third-order valence-corrected chi connectivity index (χ3v) is 4.08. The molecule has 3 amide bonds. The lowest BCUT2D eigenvalue weighted by Gasteiger charge is -2.13. The molecule has 0 spiro atoms. The predicted molar refractivity (Wildman–Crippen MR) is 89.4 cm³/mol. The molecule has 0 radical (unpaired) electrons. The second kappa shape index (κ2) is 6.84. The Labute approximate surface area is 144 Å². The third-order valence-electron chi connectivity index (χ3n) is 4.08. The highest BCUT2D eigenvalue weighted by molar-refractivity contribution is 6.21. The van der Waals surface area contributed by atoms with Crippen molar-refractivity contribution in [2.45, 2.75) is 19.9 Å². The molecule has 6 heteroatoms. The van der Waals surface area contributed by atoms with Crippen molar-refractivity contribution < 1.29 is 18.8 Å². The van der Waals surface area contributed by atoms with Crippen molar-refractivity contribution in [2.75, 3.05) is 6.54 Å². The van der Waals surface area contributed by atoms with E-state index in [0.717, 1.165) is 22.1 Å². The first-order valence-electron chi connectivity index (χ1n) is 7.94. The minimum atomic E-state index is -0.720. The van der Waals surface area contributed by atoms with Crippen molar-refractivity contribution in [2.24, 2.45) is 0 Å². The molecule has 0 aromatic heterocycles. The van der Waals surface area contributed by atoms with Crippen LogP contribution in [0.15, 0.2) is 42.5 Å². The quantitative estimate of drug-likeness (QED) is 0.850. The first-order valence-corrected chi connectivity index (χ1v) is 7.94. The van der Waals surface area contributed by atoms with E-state index in [1.54, 1.807) is 0 Å². The Morgan fingerprint density at radius 3 is 2.60 bits per heavy atom. The van der Waals surface area contributed by atoms with E-state index in [4.69, 9.17) is 0 Å². The number of rotatable bonds is 5. The molecule has 0 unspecified atom stereocenters. The van der Waals surface area contributed by atoms with Gasteiger partial charge in [-0.05, 0) is 24.6 Å². The number of nitrogens with zero attached hydrogens (tertiary/aromatic N) is 1. The zero-order valence-corrected chi connectivity index (χ0v) is 13.7. The molecule has 0 saturated heterocycles. The molecule has 0 saturated carbocycles. The Morgan fingerprint density at radius 1 is 1.12 bits per heavy atom. The third kappa shape index (κ3) is 3.42. The Balaban J connectivity index is 1.57. The maximum absolute atomic E-state index is 13.7. The number of fused-ring (bicyclic) bond motifs is 1. The first-order chi connectivity index (χ1) is 12.0. The number of amides is 3. The minimum absolute atomic E-state index is 0.0289. The van der Waals surface area contributed by atoms with E-state index in [-0.39, 0.29) is 30.0 Å². The van der Waals surface area contributed by atoms with Crippen LogP contribution in [0.2, 0.25) is 0 Å². The van der Waals surface area contributed by atoms with Crippen LogP contribution in [0.5, 0.6) is 0 Å². The van der Waals surface area contributed by atoms with Crippen LogP contribution in [0.1, 0.15) is 38.3 Å². The molecular weight excluding hydrogens is 323 g/mol. The van der Waals surface area contributed by atoms with Crippen LogP contribution in [-0.2, 0) is 11.3 Å². The van der Waals surface area contributed by atoms with Gasteiger partial charge in [-0.2, -0.15) is 0 Å². The Kier molecular flexibility index (Phi) is 4.61. The lowest BCUT2D eigenvalue weighted by atomic mass is 10.1. The summed E-state index contributed by atoms with van der Waals surface area (Å²) >= 11 is 0. The summed E-state index contributed by atoms with van der Waals surface area (Å²) in [4.78, 5) is 37.3. The average molecular weight is 340 g/mol. The summed E-state index contributed by atoms with van der Waals surface area (Å²) in [7, 11) is 0. The van der Waals surface area contributed by atoms with Crippen LogP contribution in [-0.4, -0.2) is 29.2 Å². The zero-order chi connectivity index (χ0) is 18.0. The van der Waals surface area contributed by atoms with Crippen molar-refractivity contribution in [1.82, 2.24) is 10.2 Å². The minimum Gasteiger partial charge on any atom is -0.352 e. The second-order valence-electron chi connectivity index (χ2n) is 5.94. The number of carbonyl (C=O) groups is 3. The van der Waals surface area contributed by atoms with Crippen LogP contribution in [0.4, 0.5) is 4.39 Å². The molecule has 0 bridgehead atoms. The summed E-state index contributed by atoms with van der Waals surface area (Å²) in [6.07, 6.45) is -0.0289. The van der Waals surface area contributed by atoms with E-state index >= 15 is 0 Å². The first kappa shape index (κ1) is 16.8. The zero-order valence-electron chi connectivity index (χ0n) is 13.7. The van der Waals surface area contributed by atoms with Crippen molar-refractivity contribution in [1.29, 1.82) is 0 Å². The lowest BCUT2D eigenvalue weighted by Crippen LogP contribution is -2.34. The van der Waals surface area contributed by atoms with Crippen LogP contribution in [0, 0.1) is 12.7 Å². The maximum atomic E-state index is 13.7. The molecule has 1 N–H and O–H groups in total. The van der Waals surface area contributed by atoms with Gasteiger partial charge in [0.25, 0.3) is 11.8 Å². The van der Waals surface area contributed by atoms with Gasteiger partial charge in [0.1, 0.15) is 5.82 Å². The average Bonchev–Trinajstić information content (AvgIpc) is 2.83. The fraction of sp³-hybridized carbons (Fsp3) is 0.211. The van der Waals surface area contributed by atoms with Gasteiger partial charge in [0.15, 0.2) is 0 Å². The number of hydrogen-bond donors (Lipinski definition) is 1. The van der Waals surface area contributed by atoms with Crippen molar-refractivity contribution in [3.63, 3.8) is 0 Å². The molecule has 25 heavy (non-hydrogen) atoms. The lowest BCUT2D eigenvalue weighted by molar-refractivity contribution is -0.121. The van der Waals surface area contributed by atoms with E-state index in [1.807, 2.05) is 31.2 Å². The van der Waals surface area contributed by atoms with Gasteiger partial charge in [0, 0.05) is 19.5 Å². The summed E-state index contributed by atoms with van der Waals surface area (Å²) in [6.45, 7) is 2.26. The van der Waals surface area contributed by atoms with Crippen molar-refractivity contribution in [3.05, 3.63) is 70.5 Å². The normalized spacial score (nSPS) is 13.1.